The topological polar surface area (TPSA) is 115 Å². The lowest BCUT2D eigenvalue weighted by molar-refractivity contribution is -0.117. The molecule has 2 aromatic heterocycles. The summed E-state index contributed by atoms with van der Waals surface area (Å²) in [7, 11) is 1.50. The molecule has 0 radical (unpaired) electrons. The van der Waals surface area contributed by atoms with Gasteiger partial charge in [-0.25, -0.2) is 0 Å². The molecule has 1 aromatic carbocycles. The Labute approximate surface area is 189 Å². The van der Waals surface area contributed by atoms with Crippen molar-refractivity contribution in [3.05, 3.63) is 70.2 Å². The summed E-state index contributed by atoms with van der Waals surface area (Å²) in [6.07, 6.45) is 4.46. The first kappa shape index (κ1) is 22.0. The Kier molecular flexibility index (Phi) is 6.66. The van der Waals surface area contributed by atoms with Gasteiger partial charge in [0, 0.05) is 19.3 Å². The molecule has 1 N–H and O–H groups in total. The molecule has 3 aromatic rings. The maximum absolute atomic E-state index is 13.2. The number of amides is 1. The van der Waals surface area contributed by atoms with E-state index in [4.69, 9.17) is 14.2 Å². The summed E-state index contributed by atoms with van der Waals surface area (Å²) in [6, 6.07) is 13.8. The molecule has 1 atom stereocenters. The molecule has 1 aliphatic heterocycles. The van der Waals surface area contributed by atoms with Crippen LogP contribution >= 0.6 is 0 Å². The molecule has 0 aliphatic carbocycles. The number of carbonyl (C=O) groups excluding carboxylic acids is 1. The average molecular weight is 446 g/mol. The van der Waals surface area contributed by atoms with Crippen LogP contribution in [0.25, 0.3) is 11.7 Å². The Bertz CT molecular complexity index is 1300. The molecular weight excluding hydrogens is 424 g/mol. The zero-order chi connectivity index (χ0) is 23.2. The van der Waals surface area contributed by atoms with Crippen molar-refractivity contribution in [3.8, 4) is 23.4 Å². The van der Waals surface area contributed by atoms with E-state index < -0.39 is 11.5 Å². The second-order valence-corrected chi connectivity index (χ2v) is 7.33. The number of ether oxygens (including phenoxy) is 3. The van der Waals surface area contributed by atoms with Gasteiger partial charge in [0.15, 0.2) is 11.5 Å². The molecule has 1 amide bonds. The van der Waals surface area contributed by atoms with Crippen LogP contribution in [0.4, 0.5) is 0 Å². The van der Waals surface area contributed by atoms with Crippen LogP contribution in [0, 0.1) is 11.3 Å². The van der Waals surface area contributed by atoms with Gasteiger partial charge in [0.25, 0.3) is 11.5 Å². The van der Waals surface area contributed by atoms with Crippen LogP contribution in [-0.4, -0.2) is 41.7 Å². The van der Waals surface area contributed by atoms with Crippen molar-refractivity contribution in [3.63, 3.8) is 0 Å². The molecule has 9 heteroatoms. The van der Waals surface area contributed by atoms with E-state index in [0.29, 0.717) is 23.8 Å². The average Bonchev–Trinajstić information content (AvgIpc) is 3.37. The fourth-order valence-corrected chi connectivity index (χ4v) is 3.49. The lowest BCUT2D eigenvalue weighted by Crippen LogP contribution is -2.32. The highest BCUT2D eigenvalue weighted by Gasteiger charge is 2.20. The van der Waals surface area contributed by atoms with E-state index in [9.17, 15) is 14.9 Å². The first-order chi connectivity index (χ1) is 16.1. The van der Waals surface area contributed by atoms with Gasteiger partial charge in [0.1, 0.15) is 22.9 Å². The highest BCUT2D eigenvalue weighted by atomic mass is 16.5. The van der Waals surface area contributed by atoms with E-state index in [0.717, 1.165) is 12.8 Å². The highest BCUT2D eigenvalue weighted by molar-refractivity contribution is 6.01. The van der Waals surface area contributed by atoms with Crippen LogP contribution in [-0.2, 0) is 9.53 Å². The van der Waals surface area contributed by atoms with Crippen molar-refractivity contribution < 1.29 is 19.0 Å². The molecular formula is C24H22N4O5. The predicted molar refractivity (Wildman–Crippen MR) is 120 cm³/mol. The van der Waals surface area contributed by atoms with Gasteiger partial charge in [-0.05, 0) is 43.2 Å². The maximum atomic E-state index is 13.2. The van der Waals surface area contributed by atoms with Crippen LogP contribution in [0.15, 0.2) is 59.0 Å². The minimum absolute atomic E-state index is 0.0339. The lowest BCUT2D eigenvalue weighted by Gasteiger charge is -2.13. The molecule has 168 valence electrons. The summed E-state index contributed by atoms with van der Waals surface area (Å²) in [5.41, 5.74) is -0.405. The maximum Gasteiger partial charge on any atom is 0.269 e. The third kappa shape index (κ3) is 4.86. The van der Waals surface area contributed by atoms with Crippen molar-refractivity contribution in [2.75, 3.05) is 20.3 Å². The van der Waals surface area contributed by atoms with Gasteiger partial charge >= 0.3 is 0 Å². The SMILES string of the molecule is COc1ccccc1Oc1nc2ccccn2c(=O)c1C=C(C#N)C(=O)NCC1CCCO1. The number of carbonyl (C=O) groups is 1. The fraction of sp³-hybridized carbons (Fsp3) is 0.250. The van der Waals surface area contributed by atoms with Crippen molar-refractivity contribution in [1.29, 1.82) is 5.26 Å². The van der Waals surface area contributed by atoms with Crippen molar-refractivity contribution in [1.82, 2.24) is 14.7 Å². The minimum atomic E-state index is -0.603. The number of pyridine rings is 1. The number of aromatic nitrogens is 2. The molecule has 9 nitrogen and oxygen atoms in total. The molecule has 4 rings (SSSR count). The van der Waals surface area contributed by atoms with Crippen LogP contribution in [0.5, 0.6) is 17.4 Å². The standard InChI is InChI=1S/C24H22N4O5/c1-31-19-8-2-3-9-20(19)33-23-18(24(30)28-11-5-4-10-21(28)27-23)13-16(14-25)22(29)26-15-17-7-6-12-32-17/h2-5,8-11,13,17H,6-7,12,15H2,1H3,(H,26,29). The van der Waals surface area contributed by atoms with E-state index in [-0.39, 0.29) is 29.7 Å². The summed E-state index contributed by atoms with van der Waals surface area (Å²) >= 11 is 0. The molecule has 33 heavy (non-hydrogen) atoms. The van der Waals surface area contributed by atoms with E-state index in [1.165, 1.54) is 17.6 Å². The van der Waals surface area contributed by atoms with Crippen molar-refractivity contribution in [2.45, 2.75) is 18.9 Å². The van der Waals surface area contributed by atoms with Crippen LogP contribution in [0.2, 0.25) is 0 Å². The largest absolute Gasteiger partial charge is 0.493 e. The second kappa shape index (κ2) is 9.97. The van der Waals surface area contributed by atoms with Gasteiger partial charge in [-0.2, -0.15) is 10.2 Å². The summed E-state index contributed by atoms with van der Waals surface area (Å²) in [6.45, 7) is 0.946. The summed E-state index contributed by atoms with van der Waals surface area (Å²) in [5.74, 6) is 0.129. The monoisotopic (exact) mass is 446 g/mol. The number of benzene rings is 1. The van der Waals surface area contributed by atoms with Gasteiger partial charge in [-0.15, -0.1) is 0 Å². The number of rotatable bonds is 7. The third-order valence-corrected chi connectivity index (χ3v) is 5.18. The number of hydrogen-bond acceptors (Lipinski definition) is 7. The van der Waals surface area contributed by atoms with Crippen LogP contribution < -0.4 is 20.3 Å². The van der Waals surface area contributed by atoms with E-state index >= 15 is 0 Å². The number of hydrogen-bond donors (Lipinski definition) is 1. The molecule has 0 bridgehead atoms. The number of nitriles is 1. The Morgan fingerprint density at radius 3 is 2.82 bits per heavy atom. The van der Waals surface area contributed by atoms with Gasteiger partial charge in [-0.3, -0.25) is 14.0 Å². The first-order valence-corrected chi connectivity index (χ1v) is 10.4. The van der Waals surface area contributed by atoms with Gasteiger partial charge in [0.05, 0.1) is 13.2 Å². The van der Waals surface area contributed by atoms with Crippen LogP contribution in [0.3, 0.4) is 0 Å². The molecule has 1 fully saturated rings. The number of methoxy groups -OCH3 is 1. The minimum Gasteiger partial charge on any atom is -0.493 e. The lowest BCUT2D eigenvalue weighted by atomic mass is 10.1. The van der Waals surface area contributed by atoms with Gasteiger partial charge in [-0.1, -0.05) is 18.2 Å². The summed E-state index contributed by atoms with van der Waals surface area (Å²) < 4.78 is 18.1. The van der Waals surface area contributed by atoms with Crippen molar-refractivity contribution in [2.24, 2.45) is 0 Å². The quantitative estimate of drug-likeness (QED) is 0.438. The van der Waals surface area contributed by atoms with Gasteiger partial charge in [0.2, 0.25) is 5.88 Å². The molecule has 1 saturated heterocycles. The predicted octanol–water partition coefficient (Wildman–Crippen LogP) is 2.70. The smallest absolute Gasteiger partial charge is 0.269 e. The Hall–Kier alpha value is -4.16. The molecule has 3 heterocycles. The zero-order valence-corrected chi connectivity index (χ0v) is 18.0. The van der Waals surface area contributed by atoms with Gasteiger partial charge < -0.3 is 19.5 Å². The Morgan fingerprint density at radius 1 is 1.30 bits per heavy atom. The normalized spacial score (nSPS) is 15.8. The van der Waals surface area contributed by atoms with Crippen molar-refractivity contribution >= 4 is 17.6 Å². The van der Waals surface area contributed by atoms with E-state index in [1.807, 2.05) is 6.07 Å². The summed E-state index contributed by atoms with van der Waals surface area (Å²) in [4.78, 5) is 30.3. The number of fused-ring (bicyclic) bond motifs is 1. The Morgan fingerprint density at radius 2 is 2.09 bits per heavy atom. The molecule has 0 saturated carbocycles. The zero-order valence-electron chi connectivity index (χ0n) is 18.0. The van der Waals surface area contributed by atoms with E-state index in [2.05, 4.69) is 10.3 Å². The molecule has 1 aliphatic rings. The molecule has 1 unspecified atom stereocenters. The second-order valence-electron chi connectivity index (χ2n) is 7.33. The Balaban J connectivity index is 1.75. The number of nitrogens with one attached hydrogen (secondary N) is 1. The van der Waals surface area contributed by atoms with E-state index in [1.54, 1.807) is 48.7 Å². The highest BCUT2D eigenvalue weighted by Crippen LogP contribution is 2.31. The molecule has 0 spiro atoms. The first-order valence-electron chi connectivity index (χ1n) is 10.4. The third-order valence-electron chi connectivity index (χ3n) is 5.18. The number of para-hydroxylation sites is 2. The number of nitrogens with zero attached hydrogens (tertiary/aromatic N) is 3. The summed E-state index contributed by atoms with van der Waals surface area (Å²) in [5, 5.41) is 12.3. The fourth-order valence-electron chi connectivity index (χ4n) is 3.49. The van der Waals surface area contributed by atoms with Crippen LogP contribution in [0.1, 0.15) is 18.4 Å².